The molecule has 2 aromatic heterocycles. The Kier molecular flexibility index (Phi) is 5.74. The van der Waals surface area contributed by atoms with Crippen molar-refractivity contribution in [1.29, 1.82) is 0 Å². The number of rotatable bonds is 6. The van der Waals surface area contributed by atoms with Crippen LogP contribution in [0.15, 0.2) is 54.7 Å². The fraction of sp³-hybridized carbons (Fsp3) is 0.304. The molecule has 3 aromatic rings. The summed E-state index contributed by atoms with van der Waals surface area (Å²) < 4.78 is 7.54. The number of methoxy groups -OCH3 is 1. The van der Waals surface area contributed by atoms with Crippen molar-refractivity contribution in [2.45, 2.75) is 25.9 Å². The predicted octanol–water partition coefficient (Wildman–Crippen LogP) is 3.46. The van der Waals surface area contributed by atoms with Crippen molar-refractivity contribution in [3.8, 4) is 11.4 Å². The Morgan fingerprint density at radius 2 is 1.93 bits per heavy atom. The van der Waals surface area contributed by atoms with Crippen molar-refractivity contribution >= 4 is 17.3 Å². The van der Waals surface area contributed by atoms with Crippen LogP contribution < -0.4 is 10.1 Å². The van der Waals surface area contributed by atoms with Gasteiger partial charge >= 0.3 is 0 Å². The van der Waals surface area contributed by atoms with Crippen LogP contribution in [0, 0.1) is 13.8 Å². The summed E-state index contributed by atoms with van der Waals surface area (Å²) in [6.07, 6.45) is 1.80. The van der Waals surface area contributed by atoms with Crippen LogP contribution in [0.25, 0.3) is 5.69 Å². The molecule has 3 heterocycles. The molecule has 0 aliphatic carbocycles. The van der Waals surface area contributed by atoms with Crippen molar-refractivity contribution in [3.05, 3.63) is 77.4 Å². The number of hydrogen-bond acceptors (Lipinski definition) is 4. The molecule has 0 amide bonds. The second kappa shape index (κ2) is 8.45. The maximum absolute atomic E-state index is 9.66. The van der Waals surface area contributed by atoms with E-state index in [0.717, 1.165) is 28.5 Å². The van der Waals surface area contributed by atoms with Crippen molar-refractivity contribution in [2.75, 3.05) is 20.3 Å². The molecule has 0 spiro atoms. The molecule has 1 aromatic carbocycles. The van der Waals surface area contributed by atoms with Gasteiger partial charge in [-0.3, -0.25) is 4.98 Å². The van der Waals surface area contributed by atoms with E-state index in [1.54, 1.807) is 13.3 Å². The van der Waals surface area contributed by atoms with Crippen LogP contribution in [0.2, 0.25) is 0 Å². The number of β-amino-alcohol motifs (C(OH)–C–C–N with tert-alkyl or cyclic N) is 1. The van der Waals surface area contributed by atoms with Crippen LogP contribution in [0.4, 0.5) is 0 Å². The van der Waals surface area contributed by atoms with E-state index in [9.17, 15) is 5.11 Å². The maximum atomic E-state index is 9.66. The quantitative estimate of drug-likeness (QED) is 0.593. The fourth-order valence-corrected chi connectivity index (χ4v) is 4.64. The van der Waals surface area contributed by atoms with Gasteiger partial charge in [0.05, 0.1) is 31.5 Å². The molecule has 0 saturated carbocycles. The minimum absolute atomic E-state index is 0.0322. The monoisotopic (exact) mass is 422 g/mol. The van der Waals surface area contributed by atoms with E-state index in [-0.39, 0.29) is 18.7 Å². The highest BCUT2D eigenvalue weighted by molar-refractivity contribution is 7.80. The van der Waals surface area contributed by atoms with Gasteiger partial charge in [-0.25, -0.2) is 0 Å². The molecule has 0 unspecified atom stereocenters. The first-order chi connectivity index (χ1) is 14.5. The zero-order chi connectivity index (χ0) is 21.3. The van der Waals surface area contributed by atoms with E-state index >= 15 is 0 Å². The summed E-state index contributed by atoms with van der Waals surface area (Å²) >= 11 is 5.62. The first-order valence-electron chi connectivity index (χ1n) is 9.97. The van der Waals surface area contributed by atoms with Gasteiger partial charge in [-0.2, -0.15) is 0 Å². The summed E-state index contributed by atoms with van der Waals surface area (Å²) in [6, 6.07) is 16.0. The van der Waals surface area contributed by atoms with Crippen molar-refractivity contribution in [3.63, 3.8) is 0 Å². The minimum Gasteiger partial charge on any atom is -0.497 e. The number of aromatic nitrogens is 2. The summed E-state index contributed by atoms with van der Waals surface area (Å²) in [5, 5.41) is 13.7. The average Bonchev–Trinajstić information content (AvgIpc) is 3.24. The third kappa shape index (κ3) is 3.55. The second-order valence-electron chi connectivity index (χ2n) is 7.40. The van der Waals surface area contributed by atoms with Crippen LogP contribution in [-0.4, -0.2) is 44.9 Å². The lowest BCUT2D eigenvalue weighted by Crippen LogP contribution is -2.32. The Hall–Kier alpha value is -2.90. The molecule has 156 valence electrons. The highest BCUT2D eigenvalue weighted by atomic mass is 32.1. The number of ether oxygens (including phenoxy) is 1. The number of hydrogen-bond donors (Lipinski definition) is 2. The predicted molar refractivity (Wildman–Crippen MR) is 121 cm³/mol. The molecule has 30 heavy (non-hydrogen) atoms. The summed E-state index contributed by atoms with van der Waals surface area (Å²) in [5.41, 5.74) is 5.44. The van der Waals surface area contributed by atoms with E-state index in [1.165, 1.54) is 5.56 Å². The molecule has 1 fully saturated rings. The number of nitrogens with one attached hydrogen (secondary N) is 1. The van der Waals surface area contributed by atoms with Gasteiger partial charge in [0.25, 0.3) is 0 Å². The number of nitrogens with zero attached hydrogens (tertiary/aromatic N) is 3. The molecule has 6 nitrogen and oxygen atoms in total. The van der Waals surface area contributed by atoms with E-state index in [4.69, 9.17) is 17.0 Å². The van der Waals surface area contributed by atoms with Gasteiger partial charge in [0.15, 0.2) is 5.11 Å². The van der Waals surface area contributed by atoms with Gasteiger partial charge in [-0.15, -0.1) is 0 Å². The summed E-state index contributed by atoms with van der Waals surface area (Å²) in [5.74, 6) is 0.830. The lowest BCUT2D eigenvalue weighted by atomic mass is 9.97. The average molecular weight is 423 g/mol. The van der Waals surface area contributed by atoms with Crippen molar-refractivity contribution in [1.82, 2.24) is 19.8 Å². The molecule has 2 atom stereocenters. The number of pyridine rings is 1. The van der Waals surface area contributed by atoms with E-state index in [0.29, 0.717) is 11.7 Å². The third-order valence-electron chi connectivity index (χ3n) is 5.66. The van der Waals surface area contributed by atoms with Gasteiger partial charge in [0.1, 0.15) is 5.75 Å². The van der Waals surface area contributed by atoms with E-state index < -0.39 is 0 Å². The highest BCUT2D eigenvalue weighted by Gasteiger charge is 2.41. The highest BCUT2D eigenvalue weighted by Crippen LogP contribution is 2.41. The molecule has 4 rings (SSSR count). The first-order valence-corrected chi connectivity index (χ1v) is 10.4. The Morgan fingerprint density at radius 1 is 1.17 bits per heavy atom. The fourth-order valence-electron chi connectivity index (χ4n) is 4.31. The van der Waals surface area contributed by atoms with Crippen LogP contribution in [-0.2, 0) is 0 Å². The van der Waals surface area contributed by atoms with Gasteiger partial charge < -0.3 is 24.6 Å². The van der Waals surface area contributed by atoms with Gasteiger partial charge in [0, 0.05) is 29.8 Å². The largest absolute Gasteiger partial charge is 0.497 e. The standard InChI is InChI=1S/C23H26N4O2S/c1-15-14-19(16(2)27(15)17-7-9-18(29-3)10-8-17)22-21(20-6-4-5-11-24-20)25-23(30)26(22)12-13-28/h4-11,14,21-22,28H,12-13H2,1-3H3,(H,25,30)/t21-,22-/m1/s1. The van der Waals surface area contributed by atoms with Crippen LogP contribution >= 0.6 is 12.2 Å². The summed E-state index contributed by atoms with van der Waals surface area (Å²) in [6.45, 7) is 4.73. The lowest BCUT2D eigenvalue weighted by molar-refractivity contribution is 0.223. The first kappa shape index (κ1) is 20.4. The molecule has 2 N–H and O–H groups in total. The number of aryl methyl sites for hydroxylation is 1. The maximum Gasteiger partial charge on any atom is 0.170 e. The zero-order valence-corrected chi connectivity index (χ0v) is 18.2. The topological polar surface area (TPSA) is 62.5 Å². The molecule has 7 heteroatoms. The van der Waals surface area contributed by atoms with Crippen LogP contribution in [0.1, 0.15) is 34.7 Å². The SMILES string of the molecule is COc1ccc(-n2c(C)cc([C@@H]3[C@@H](c4ccccn4)NC(=S)N3CCO)c2C)cc1. The van der Waals surface area contributed by atoms with E-state index in [1.807, 2.05) is 30.3 Å². The Morgan fingerprint density at radius 3 is 2.57 bits per heavy atom. The summed E-state index contributed by atoms with van der Waals surface area (Å²) in [7, 11) is 1.67. The number of aliphatic hydroxyl groups excluding tert-OH is 1. The molecular formula is C23H26N4O2S. The van der Waals surface area contributed by atoms with Crippen LogP contribution in [0.3, 0.4) is 0 Å². The third-order valence-corrected chi connectivity index (χ3v) is 6.01. The van der Waals surface area contributed by atoms with Gasteiger partial charge in [0.2, 0.25) is 0 Å². The Bertz CT molecular complexity index is 1030. The number of benzene rings is 1. The normalized spacial score (nSPS) is 18.5. The molecule has 1 aliphatic rings. The zero-order valence-electron chi connectivity index (χ0n) is 17.4. The molecule has 1 saturated heterocycles. The number of thiocarbonyl (C=S) groups is 1. The molecule has 1 aliphatic heterocycles. The molecule has 0 bridgehead atoms. The second-order valence-corrected chi connectivity index (χ2v) is 7.79. The van der Waals surface area contributed by atoms with Crippen LogP contribution in [0.5, 0.6) is 5.75 Å². The van der Waals surface area contributed by atoms with Crippen molar-refractivity contribution in [2.24, 2.45) is 0 Å². The minimum atomic E-state index is -0.0879. The lowest BCUT2D eigenvalue weighted by Gasteiger charge is -2.27. The number of aliphatic hydroxyl groups is 1. The van der Waals surface area contributed by atoms with Crippen molar-refractivity contribution < 1.29 is 9.84 Å². The van der Waals surface area contributed by atoms with E-state index in [2.05, 4.69) is 51.8 Å². The molecule has 0 radical (unpaired) electrons. The smallest absolute Gasteiger partial charge is 0.170 e. The van der Waals surface area contributed by atoms with Gasteiger partial charge in [-0.1, -0.05) is 6.07 Å². The Balaban J connectivity index is 1.80. The Labute approximate surface area is 182 Å². The van der Waals surface area contributed by atoms with Gasteiger partial charge in [-0.05, 0) is 74.1 Å². The summed E-state index contributed by atoms with van der Waals surface area (Å²) in [4.78, 5) is 6.63. The molecular weight excluding hydrogens is 396 g/mol.